The van der Waals surface area contributed by atoms with E-state index in [1.807, 2.05) is 18.2 Å². The number of H-pyrrole nitrogens is 1. The summed E-state index contributed by atoms with van der Waals surface area (Å²) >= 11 is 0. The van der Waals surface area contributed by atoms with Gasteiger partial charge in [0.05, 0.1) is 12.1 Å². The van der Waals surface area contributed by atoms with Crippen LogP contribution in [0.5, 0.6) is 11.5 Å². The third-order valence-electron chi connectivity index (χ3n) is 5.17. The van der Waals surface area contributed by atoms with E-state index in [0.717, 1.165) is 43.4 Å². The molecule has 2 N–H and O–H groups in total. The minimum Gasteiger partial charge on any atom is -0.454 e. The normalized spacial score (nSPS) is 16.3. The Hall–Kier alpha value is -3.46. The van der Waals surface area contributed by atoms with Crippen LogP contribution in [0.2, 0.25) is 0 Å². The monoisotopic (exact) mass is 396 g/mol. The van der Waals surface area contributed by atoms with Crippen molar-refractivity contribution in [2.24, 2.45) is 0 Å². The van der Waals surface area contributed by atoms with Crippen molar-refractivity contribution < 1.29 is 18.7 Å². The second kappa shape index (κ2) is 7.17. The van der Waals surface area contributed by atoms with Gasteiger partial charge < -0.3 is 24.1 Å². The fourth-order valence-electron chi connectivity index (χ4n) is 3.67. The van der Waals surface area contributed by atoms with Crippen molar-refractivity contribution >= 4 is 28.4 Å². The molecule has 2 aliphatic rings. The molecule has 0 radical (unpaired) electrons. The molecule has 3 heterocycles. The number of fused-ring (bicyclic) bond motifs is 2. The van der Waals surface area contributed by atoms with E-state index in [2.05, 4.69) is 20.1 Å². The van der Waals surface area contributed by atoms with E-state index in [0.29, 0.717) is 23.3 Å². The fraction of sp³-hybridized carbons (Fsp3) is 0.300. The number of nitrogens with one attached hydrogen (secondary N) is 2. The van der Waals surface area contributed by atoms with Gasteiger partial charge >= 0.3 is 5.76 Å². The van der Waals surface area contributed by atoms with Crippen molar-refractivity contribution in [1.29, 1.82) is 0 Å². The highest BCUT2D eigenvalue weighted by atomic mass is 16.7. The summed E-state index contributed by atoms with van der Waals surface area (Å²) < 4.78 is 15.8. The van der Waals surface area contributed by atoms with Gasteiger partial charge in [0.15, 0.2) is 17.1 Å². The molecule has 2 aliphatic heterocycles. The summed E-state index contributed by atoms with van der Waals surface area (Å²) in [6, 6.07) is 11.1. The molecular weight excluding hydrogens is 376 g/mol. The zero-order chi connectivity index (χ0) is 19.8. The van der Waals surface area contributed by atoms with Crippen LogP contribution < -0.4 is 25.4 Å². The van der Waals surface area contributed by atoms with E-state index in [1.54, 1.807) is 18.2 Å². The Morgan fingerprint density at radius 3 is 2.72 bits per heavy atom. The lowest BCUT2D eigenvalue weighted by atomic mass is 10.2. The van der Waals surface area contributed by atoms with Gasteiger partial charge in [0.1, 0.15) is 0 Å². The Kier molecular flexibility index (Phi) is 4.36. The SMILES string of the molecule is O=C(CN1CCN(c2ccc3c(c2)OCO3)CC1)Nc1ccc2[nH]c(=O)oc2c1. The lowest BCUT2D eigenvalue weighted by Gasteiger charge is -2.35. The third-order valence-corrected chi connectivity index (χ3v) is 5.17. The van der Waals surface area contributed by atoms with Gasteiger partial charge in [0, 0.05) is 49.7 Å². The lowest BCUT2D eigenvalue weighted by Crippen LogP contribution is -2.48. The van der Waals surface area contributed by atoms with Crippen molar-refractivity contribution in [1.82, 2.24) is 9.88 Å². The van der Waals surface area contributed by atoms with E-state index >= 15 is 0 Å². The van der Waals surface area contributed by atoms with Gasteiger partial charge in [-0.1, -0.05) is 0 Å². The number of carbonyl (C=O) groups is 1. The van der Waals surface area contributed by atoms with Gasteiger partial charge in [-0.2, -0.15) is 0 Å². The van der Waals surface area contributed by atoms with Crippen LogP contribution in [-0.4, -0.2) is 55.3 Å². The number of piperazine rings is 1. The van der Waals surface area contributed by atoms with E-state index in [1.165, 1.54) is 0 Å². The smallest absolute Gasteiger partial charge is 0.417 e. The average Bonchev–Trinajstić information content (AvgIpc) is 3.32. The molecule has 29 heavy (non-hydrogen) atoms. The van der Waals surface area contributed by atoms with E-state index in [4.69, 9.17) is 13.9 Å². The standard InChI is InChI=1S/C20H20N4O5/c25-19(21-13-1-3-15-17(9-13)29-20(26)22-15)11-23-5-7-24(8-6-23)14-2-4-16-18(10-14)28-12-27-16/h1-4,9-10H,5-8,11-12H2,(H,21,25)(H,22,26). The van der Waals surface area contributed by atoms with Crippen LogP contribution in [0.25, 0.3) is 11.1 Å². The summed E-state index contributed by atoms with van der Waals surface area (Å²) in [6.45, 7) is 3.80. The van der Waals surface area contributed by atoms with Gasteiger partial charge in [-0.3, -0.25) is 14.7 Å². The van der Waals surface area contributed by atoms with Gasteiger partial charge in [-0.25, -0.2) is 4.79 Å². The molecule has 0 spiro atoms. The third kappa shape index (κ3) is 3.64. The van der Waals surface area contributed by atoms with Gasteiger partial charge in [0.25, 0.3) is 0 Å². The molecule has 5 rings (SSSR count). The second-order valence-corrected chi connectivity index (χ2v) is 7.07. The molecule has 1 aromatic heterocycles. The minimum absolute atomic E-state index is 0.0984. The predicted molar refractivity (Wildman–Crippen MR) is 107 cm³/mol. The van der Waals surface area contributed by atoms with Crippen LogP contribution in [-0.2, 0) is 4.79 Å². The molecule has 1 saturated heterocycles. The highest BCUT2D eigenvalue weighted by Crippen LogP contribution is 2.35. The number of aromatic nitrogens is 1. The van der Waals surface area contributed by atoms with Crippen LogP contribution in [0.4, 0.5) is 11.4 Å². The number of nitrogens with zero attached hydrogens (tertiary/aromatic N) is 2. The number of benzene rings is 2. The van der Waals surface area contributed by atoms with Crippen molar-refractivity contribution in [2.75, 3.05) is 49.7 Å². The van der Waals surface area contributed by atoms with Crippen molar-refractivity contribution in [2.45, 2.75) is 0 Å². The first kappa shape index (κ1) is 17.6. The van der Waals surface area contributed by atoms with Crippen LogP contribution in [0.15, 0.2) is 45.6 Å². The van der Waals surface area contributed by atoms with E-state index in [9.17, 15) is 9.59 Å². The molecule has 0 bridgehead atoms. The van der Waals surface area contributed by atoms with Gasteiger partial charge in [0.2, 0.25) is 12.7 Å². The average molecular weight is 396 g/mol. The molecule has 0 aliphatic carbocycles. The predicted octanol–water partition coefficient (Wildman–Crippen LogP) is 1.61. The number of amides is 1. The number of rotatable bonds is 4. The summed E-state index contributed by atoms with van der Waals surface area (Å²) in [5.41, 5.74) is 2.72. The zero-order valence-electron chi connectivity index (χ0n) is 15.6. The van der Waals surface area contributed by atoms with Gasteiger partial charge in [-0.05, 0) is 24.3 Å². The van der Waals surface area contributed by atoms with Crippen LogP contribution in [0.1, 0.15) is 0 Å². The Bertz CT molecular complexity index is 1110. The second-order valence-electron chi connectivity index (χ2n) is 7.07. The molecule has 2 aromatic carbocycles. The molecule has 9 nitrogen and oxygen atoms in total. The highest BCUT2D eigenvalue weighted by Gasteiger charge is 2.21. The van der Waals surface area contributed by atoms with Crippen molar-refractivity contribution in [3.8, 4) is 11.5 Å². The van der Waals surface area contributed by atoms with E-state index < -0.39 is 5.76 Å². The van der Waals surface area contributed by atoms with Crippen LogP contribution in [0, 0.1) is 0 Å². The molecule has 9 heteroatoms. The quantitative estimate of drug-likeness (QED) is 0.691. The number of anilines is 2. The first-order valence-corrected chi connectivity index (χ1v) is 9.44. The van der Waals surface area contributed by atoms with Crippen molar-refractivity contribution in [3.05, 3.63) is 46.9 Å². The maximum Gasteiger partial charge on any atom is 0.417 e. The first-order valence-electron chi connectivity index (χ1n) is 9.44. The summed E-state index contributed by atoms with van der Waals surface area (Å²) in [6.07, 6.45) is 0. The molecular formula is C20H20N4O5. The number of oxazole rings is 1. The maximum atomic E-state index is 12.4. The molecule has 150 valence electrons. The van der Waals surface area contributed by atoms with Crippen LogP contribution >= 0.6 is 0 Å². The summed E-state index contributed by atoms with van der Waals surface area (Å²) in [5, 5.41) is 2.86. The number of ether oxygens (including phenoxy) is 2. The Labute approximate surface area is 165 Å². The summed E-state index contributed by atoms with van der Waals surface area (Å²) in [4.78, 5) is 30.6. The molecule has 3 aromatic rings. The molecule has 0 unspecified atom stereocenters. The summed E-state index contributed by atoms with van der Waals surface area (Å²) in [5.74, 6) is 0.947. The molecule has 0 saturated carbocycles. The Balaban J connectivity index is 1.16. The topological polar surface area (TPSA) is 100 Å². The lowest BCUT2D eigenvalue weighted by molar-refractivity contribution is -0.117. The number of hydrogen-bond donors (Lipinski definition) is 2. The van der Waals surface area contributed by atoms with E-state index in [-0.39, 0.29) is 12.7 Å². The number of carbonyl (C=O) groups excluding carboxylic acids is 1. The number of aromatic amines is 1. The minimum atomic E-state index is -0.510. The van der Waals surface area contributed by atoms with Crippen LogP contribution in [0.3, 0.4) is 0 Å². The molecule has 1 fully saturated rings. The Morgan fingerprint density at radius 1 is 1.03 bits per heavy atom. The van der Waals surface area contributed by atoms with Gasteiger partial charge in [-0.15, -0.1) is 0 Å². The zero-order valence-corrected chi connectivity index (χ0v) is 15.6. The molecule has 1 amide bonds. The first-order chi connectivity index (χ1) is 14.1. The number of hydrogen-bond acceptors (Lipinski definition) is 7. The van der Waals surface area contributed by atoms with Crippen molar-refractivity contribution in [3.63, 3.8) is 0 Å². The maximum absolute atomic E-state index is 12.4. The Morgan fingerprint density at radius 2 is 1.86 bits per heavy atom. The fourth-order valence-corrected chi connectivity index (χ4v) is 3.67. The molecule has 0 atom stereocenters. The summed E-state index contributed by atoms with van der Waals surface area (Å²) in [7, 11) is 0. The largest absolute Gasteiger partial charge is 0.454 e. The highest BCUT2D eigenvalue weighted by molar-refractivity contribution is 5.94.